The monoisotopic (exact) mass is 442 g/mol. The Balaban J connectivity index is 1.49. The van der Waals surface area contributed by atoms with Crippen molar-refractivity contribution in [2.75, 3.05) is 13.6 Å². The first-order valence-corrected chi connectivity index (χ1v) is 10.8. The molecule has 0 unspecified atom stereocenters. The van der Waals surface area contributed by atoms with Crippen LogP contribution >= 0.6 is 0 Å². The van der Waals surface area contributed by atoms with Crippen molar-refractivity contribution in [1.82, 2.24) is 9.47 Å². The second-order valence-electron chi connectivity index (χ2n) is 7.97. The second-order valence-corrected chi connectivity index (χ2v) is 7.97. The van der Waals surface area contributed by atoms with Gasteiger partial charge in [-0.3, -0.25) is 4.79 Å². The molecule has 168 valence electrons. The van der Waals surface area contributed by atoms with Crippen LogP contribution in [0.3, 0.4) is 0 Å². The number of carbonyl (C=O) groups is 2. The largest absolute Gasteiger partial charge is 0.489 e. The van der Waals surface area contributed by atoms with E-state index in [0.717, 1.165) is 22.9 Å². The van der Waals surface area contributed by atoms with E-state index in [2.05, 4.69) is 0 Å². The third-order valence-corrected chi connectivity index (χ3v) is 5.64. The molecule has 0 spiro atoms. The smallest absolute Gasteiger partial charge is 0.352 e. The lowest BCUT2D eigenvalue weighted by Crippen LogP contribution is -2.32. The van der Waals surface area contributed by atoms with Crippen molar-refractivity contribution in [2.45, 2.75) is 19.6 Å². The number of hydrogen-bond acceptors (Lipinski definition) is 3. The molecule has 1 N–H and O–H groups in total. The Hall–Kier alpha value is -4.06. The number of likely N-dealkylation sites (N-methyl/N-ethyl adjacent to an activating group) is 1. The van der Waals surface area contributed by atoms with E-state index in [1.807, 2.05) is 66.7 Å². The molecule has 6 heteroatoms. The molecule has 33 heavy (non-hydrogen) atoms. The summed E-state index contributed by atoms with van der Waals surface area (Å²) < 4.78 is 7.43. The Morgan fingerprint density at radius 2 is 1.58 bits per heavy atom. The summed E-state index contributed by atoms with van der Waals surface area (Å²) in [7, 11) is 1.74. The number of amides is 1. The van der Waals surface area contributed by atoms with Gasteiger partial charge in [0.25, 0.3) is 0 Å². The highest BCUT2D eigenvalue weighted by Crippen LogP contribution is 2.26. The van der Waals surface area contributed by atoms with Gasteiger partial charge in [0.1, 0.15) is 24.6 Å². The first-order valence-electron chi connectivity index (χ1n) is 10.8. The van der Waals surface area contributed by atoms with E-state index in [-0.39, 0.29) is 18.1 Å². The molecule has 6 nitrogen and oxygen atoms in total. The summed E-state index contributed by atoms with van der Waals surface area (Å²) in [5, 5.41) is 10.4. The van der Waals surface area contributed by atoms with Crippen molar-refractivity contribution in [3.63, 3.8) is 0 Å². The van der Waals surface area contributed by atoms with Crippen molar-refractivity contribution in [1.29, 1.82) is 0 Å². The number of benzene rings is 3. The molecule has 1 heterocycles. The highest BCUT2D eigenvalue weighted by Gasteiger charge is 2.19. The molecule has 4 rings (SSSR count). The number of fused-ring (bicyclic) bond motifs is 1. The van der Waals surface area contributed by atoms with Gasteiger partial charge in [-0.05, 0) is 41.8 Å². The van der Waals surface area contributed by atoms with Crippen LogP contribution < -0.4 is 4.74 Å². The Kier molecular flexibility index (Phi) is 6.74. The Morgan fingerprint density at radius 1 is 0.909 bits per heavy atom. The normalized spacial score (nSPS) is 10.8. The maximum absolute atomic E-state index is 12.9. The number of aromatic nitrogens is 1. The van der Waals surface area contributed by atoms with E-state index in [1.165, 1.54) is 0 Å². The number of carboxylic acid groups (broad SMARTS) is 1. The van der Waals surface area contributed by atoms with Crippen molar-refractivity contribution in [3.8, 4) is 5.75 Å². The lowest BCUT2D eigenvalue weighted by atomic mass is 10.1. The number of carboxylic acids is 1. The molecular formula is C27H26N2O4. The van der Waals surface area contributed by atoms with Gasteiger partial charge < -0.3 is 19.3 Å². The predicted octanol–water partition coefficient (Wildman–Crippen LogP) is 4.62. The number of ether oxygens (including phenoxy) is 1. The summed E-state index contributed by atoms with van der Waals surface area (Å²) in [6.07, 6.45) is 0.739. The quantitative estimate of drug-likeness (QED) is 0.411. The van der Waals surface area contributed by atoms with Crippen LogP contribution in [0, 0.1) is 0 Å². The summed E-state index contributed by atoms with van der Waals surface area (Å²) in [5.41, 5.74) is 2.96. The van der Waals surface area contributed by atoms with E-state index in [9.17, 15) is 14.7 Å². The van der Waals surface area contributed by atoms with Crippen LogP contribution in [-0.2, 0) is 24.4 Å². The van der Waals surface area contributed by atoms with Crippen molar-refractivity contribution < 1.29 is 19.4 Å². The zero-order valence-electron chi connectivity index (χ0n) is 18.5. The Bertz CT molecular complexity index is 1250. The minimum absolute atomic E-state index is 0.0410. The van der Waals surface area contributed by atoms with Gasteiger partial charge >= 0.3 is 5.97 Å². The molecule has 0 saturated heterocycles. The molecule has 0 fully saturated rings. The van der Waals surface area contributed by atoms with Crippen LogP contribution in [0.1, 0.15) is 21.6 Å². The van der Waals surface area contributed by atoms with E-state index in [0.29, 0.717) is 24.4 Å². The zero-order valence-corrected chi connectivity index (χ0v) is 18.5. The zero-order chi connectivity index (χ0) is 23.2. The average Bonchev–Trinajstić information content (AvgIpc) is 3.20. The Labute approximate surface area is 192 Å². The molecule has 0 bridgehead atoms. The summed E-state index contributed by atoms with van der Waals surface area (Å²) >= 11 is 0. The highest BCUT2D eigenvalue weighted by atomic mass is 16.5. The van der Waals surface area contributed by atoms with Gasteiger partial charge in [-0.25, -0.2) is 4.79 Å². The van der Waals surface area contributed by atoms with Crippen LogP contribution in [0.2, 0.25) is 0 Å². The second kappa shape index (κ2) is 10.0. The highest BCUT2D eigenvalue weighted by molar-refractivity contribution is 5.96. The molecule has 1 amide bonds. The van der Waals surface area contributed by atoms with Gasteiger partial charge in [-0.1, -0.05) is 60.7 Å². The lowest BCUT2D eigenvalue weighted by Gasteiger charge is -2.18. The van der Waals surface area contributed by atoms with Crippen LogP contribution in [0.25, 0.3) is 10.9 Å². The van der Waals surface area contributed by atoms with Gasteiger partial charge in [-0.15, -0.1) is 0 Å². The summed E-state index contributed by atoms with van der Waals surface area (Å²) in [4.78, 5) is 26.4. The van der Waals surface area contributed by atoms with E-state index in [1.54, 1.807) is 34.7 Å². The maximum atomic E-state index is 12.9. The first kappa shape index (κ1) is 22.1. The first-order chi connectivity index (χ1) is 16.0. The number of carbonyl (C=O) groups excluding carboxylic acids is 1. The number of aromatic carboxylic acids is 1. The predicted molar refractivity (Wildman–Crippen MR) is 127 cm³/mol. The fourth-order valence-corrected chi connectivity index (χ4v) is 3.75. The third kappa shape index (κ3) is 5.41. The van der Waals surface area contributed by atoms with Crippen LogP contribution in [-0.4, -0.2) is 40.0 Å². The van der Waals surface area contributed by atoms with E-state index < -0.39 is 5.97 Å². The van der Waals surface area contributed by atoms with Crippen molar-refractivity contribution >= 4 is 22.8 Å². The Morgan fingerprint density at radius 3 is 2.24 bits per heavy atom. The molecule has 0 aliphatic carbocycles. The maximum Gasteiger partial charge on any atom is 0.352 e. The molecule has 3 aromatic carbocycles. The molecule has 0 aliphatic rings. The van der Waals surface area contributed by atoms with E-state index in [4.69, 9.17) is 4.74 Å². The summed E-state index contributed by atoms with van der Waals surface area (Å²) in [5.74, 6) is -0.570. The van der Waals surface area contributed by atoms with Crippen molar-refractivity contribution in [3.05, 3.63) is 102 Å². The molecule has 0 aliphatic heterocycles. The fourth-order valence-electron chi connectivity index (χ4n) is 3.75. The van der Waals surface area contributed by atoms with Gasteiger partial charge in [-0.2, -0.15) is 0 Å². The van der Waals surface area contributed by atoms with E-state index >= 15 is 0 Å². The summed E-state index contributed by atoms with van der Waals surface area (Å²) in [6.45, 7) is 0.937. The number of hydrogen-bond donors (Lipinski definition) is 1. The third-order valence-electron chi connectivity index (χ3n) is 5.64. The van der Waals surface area contributed by atoms with Gasteiger partial charge in [0.2, 0.25) is 5.91 Å². The molecule has 1 aromatic heterocycles. The lowest BCUT2D eigenvalue weighted by molar-refractivity contribution is -0.130. The molecule has 0 radical (unpaired) electrons. The molecule has 4 aromatic rings. The molecule has 0 atom stereocenters. The standard InChI is InChI=1S/C27H26N2O4/c1-28(15-14-20-8-4-2-5-9-20)26(30)18-29-24-13-12-23(16-22(24)17-25(29)27(31)32)33-19-21-10-6-3-7-11-21/h2-13,16-17H,14-15,18-19H2,1H3,(H,31,32). The van der Waals surface area contributed by atoms with Crippen molar-refractivity contribution in [2.24, 2.45) is 0 Å². The number of nitrogens with zero attached hydrogens (tertiary/aromatic N) is 2. The molecule has 0 saturated carbocycles. The van der Waals surface area contributed by atoms with Gasteiger partial charge in [0.15, 0.2) is 0 Å². The summed E-state index contributed by atoms with van der Waals surface area (Å²) in [6, 6.07) is 26.8. The van der Waals surface area contributed by atoms with Crippen LogP contribution in [0.15, 0.2) is 84.9 Å². The van der Waals surface area contributed by atoms with Crippen LogP contribution in [0.4, 0.5) is 0 Å². The molecular weight excluding hydrogens is 416 g/mol. The minimum atomic E-state index is -1.07. The fraction of sp³-hybridized carbons (Fsp3) is 0.185. The van der Waals surface area contributed by atoms with Gasteiger partial charge in [0.05, 0.1) is 0 Å². The SMILES string of the molecule is CN(CCc1ccccc1)C(=O)Cn1c(C(=O)O)cc2cc(OCc3ccccc3)ccc21. The van der Waals surface area contributed by atoms with Gasteiger partial charge in [0, 0.05) is 24.5 Å². The van der Waals surface area contributed by atoms with Crippen LogP contribution in [0.5, 0.6) is 5.75 Å². The number of rotatable bonds is 9. The topological polar surface area (TPSA) is 71.8 Å². The average molecular weight is 443 g/mol. The minimum Gasteiger partial charge on any atom is -0.489 e.